The van der Waals surface area contributed by atoms with E-state index in [2.05, 4.69) is 4.98 Å². The molecule has 0 bridgehead atoms. The zero-order valence-electron chi connectivity index (χ0n) is 10.4. The van der Waals surface area contributed by atoms with Gasteiger partial charge in [0.15, 0.2) is 0 Å². The second-order valence-electron chi connectivity index (χ2n) is 4.33. The summed E-state index contributed by atoms with van der Waals surface area (Å²) in [6.07, 6.45) is -0.0940. The van der Waals surface area contributed by atoms with Crippen LogP contribution in [0, 0.1) is 0 Å². The summed E-state index contributed by atoms with van der Waals surface area (Å²) in [5.74, 6) is -1.09. The summed E-state index contributed by atoms with van der Waals surface area (Å²) in [6, 6.07) is 6.40. The Hall–Kier alpha value is -2.50. The second-order valence-corrected chi connectivity index (χ2v) is 4.33. The fraction of sp³-hybridized carbons (Fsp3) is 0.231. The van der Waals surface area contributed by atoms with Crippen LogP contribution in [-0.2, 0) is 4.79 Å². The van der Waals surface area contributed by atoms with Crippen molar-refractivity contribution in [1.82, 2.24) is 9.88 Å². The van der Waals surface area contributed by atoms with Crippen molar-refractivity contribution in [3.05, 3.63) is 30.0 Å². The highest BCUT2D eigenvalue weighted by atomic mass is 16.4. The molecule has 0 fully saturated rings. The van der Waals surface area contributed by atoms with Crippen LogP contribution in [0.2, 0.25) is 0 Å². The van der Waals surface area contributed by atoms with Crippen LogP contribution in [0.4, 0.5) is 0 Å². The number of phenols is 1. The lowest BCUT2D eigenvalue weighted by Gasteiger charge is -2.14. The van der Waals surface area contributed by atoms with Gasteiger partial charge in [0.2, 0.25) is 0 Å². The Bertz CT molecular complexity index is 633. The van der Waals surface area contributed by atoms with Crippen molar-refractivity contribution in [2.45, 2.75) is 6.42 Å². The van der Waals surface area contributed by atoms with Gasteiger partial charge in [-0.25, -0.2) is 0 Å². The molecule has 100 valence electrons. The first-order chi connectivity index (χ1) is 8.97. The summed E-state index contributed by atoms with van der Waals surface area (Å²) < 4.78 is 0. The van der Waals surface area contributed by atoms with Crippen LogP contribution in [-0.4, -0.2) is 45.6 Å². The van der Waals surface area contributed by atoms with E-state index in [0.29, 0.717) is 5.69 Å². The summed E-state index contributed by atoms with van der Waals surface area (Å²) in [4.78, 5) is 26.8. The lowest BCUT2D eigenvalue weighted by atomic mass is 10.2. The van der Waals surface area contributed by atoms with Crippen molar-refractivity contribution in [3.8, 4) is 5.75 Å². The van der Waals surface area contributed by atoms with Gasteiger partial charge in [0, 0.05) is 24.5 Å². The summed E-state index contributed by atoms with van der Waals surface area (Å²) in [5, 5.41) is 18.7. The molecule has 1 aromatic carbocycles. The van der Waals surface area contributed by atoms with Gasteiger partial charge >= 0.3 is 5.97 Å². The lowest BCUT2D eigenvalue weighted by Crippen LogP contribution is -2.29. The molecule has 0 aliphatic rings. The molecule has 1 heterocycles. The van der Waals surface area contributed by atoms with Crippen molar-refractivity contribution in [2.24, 2.45) is 0 Å². The molecule has 0 aliphatic heterocycles. The molecule has 1 aromatic heterocycles. The average Bonchev–Trinajstić information content (AvgIpc) is 2.77. The van der Waals surface area contributed by atoms with Gasteiger partial charge in [-0.1, -0.05) is 0 Å². The Morgan fingerprint density at radius 1 is 1.32 bits per heavy atom. The van der Waals surface area contributed by atoms with E-state index in [9.17, 15) is 14.7 Å². The molecule has 0 unspecified atom stereocenters. The topological polar surface area (TPSA) is 93.6 Å². The molecular formula is C13H14N2O4. The molecular weight excluding hydrogens is 248 g/mol. The van der Waals surface area contributed by atoms with Gasteiger partial charge < -0.3 is 20.1 Å². The predicted octanol–water partition coefficient (Wildman–Crippen LogP) is 1.42. The van der Waals surface area contributed by atoms with Gasteiger partial charge in [0.1, 0.15) is 11.4 Å². The number of amides is 1. The number of carbonyl (C=O) groups is 2. The number of aromatic nitrogens is 1. The predicted molar refractivity (Wildman–Crippen MR) is 69.2 cm³/mol. The number of hydrogen-bond acceptors (Lipinski definition) is 3. The molecule has 0 radical (unpaired) electrons. The number of aromatic hydroxyl groups is 1. The Kier molecular flexibility index (Phi) is 3.41. The van der Waals surface area contributed by atoms with Crippen LogP contribution >= 0.6 is 0 Å². The number of carbonyl (C=O) groups excluding carboxylic acids is 1. The number of hydrogen-bond donors (Lipinski definition) is 3. The van der Waals surface area contributed by atoms with E-state index in [0.717, 1.165) is 10.9 Å². The number of nitrogens with one attached hydrogen (secondary N) is 1. The number of carboxylic acids is 1. The number of H-pyrrole nitrogens is 1. The minimum absolute atomic E-state index is 0.0940. The molecule has 2 aromatic rings. The normalized spacial score (nSPS) is 10.6. The van der Waals surface area contributed by atoms with Crippen molar-refractivity contribution in [2.75, 3.05) is 13.6 Å². The third kappa shape index (κ3) is 2.85. The minimum atomic E-state index is -0.943. The first-order valence-corrected chi connectivity index (χ1v) is 5.76. The SMILES string of the molecule is CN(CCC(=O)O)C(=O)c1cc2cc(O)ccc2[nH]1. The van der Waals surface area contributed by atoms with Crippen LogP contribution in [0.5, 0.6) is 5.75 Å². The highest BCUT2D eigenvalue weighted by molar-refractivity contribution is 5.98. The molecule has 0 saturated carbocycles. The molecule has 0 spiro atoms. The Morgan fingerprint density at radius 3 is 2.74 bits per heavy atom. The quantitative estimate of drug-likeness (QED) is 0.776. The van der Waals surface area contributed by atoms with E-state index in [-0.39, 0.29) is 24.6 Å². The van der Waals surface area contributed by atoms with Crippen molar-refractivity contribution < 1.29 is 19.8 Å². The van der Waals surface area contributed by atoms with Gasteiger partial charge in [-0.2, -0.15) is 0 Å². The van der Waals surface area contributed by atoms with E-state index in [1.54, 1.807) is 25.2 Å². The van der Waals surface area contributed by atoms with Crippen molar-refractivity contribution in [1.29, 1.82) is 0 Å². The van der Waals surface area contributed by atoms with Gasteiger partial charge in [-0.3, -0.25) is 9.59 Å². The number of rotatable bonds is 4. The Morgan fingerprint density at radius 2 is 2.05 bits per heavy atom. The van der Waals surface area contributed by atoms with Crippen molar-refractivity contribution in [3.63, 3.8) is 0 Å². The zero-order chi connectivity index (χ0) is 14.0. The van der Waals surface area contributed by atoms with Crippen molar-refractivity contribution >= 4 is 22.8 Å². The molecule has 0 saturated heterocycles. The molecule has 6 nitrogen and oxygen atoms in total. The standard InChI is InChI=1S/C13H14N2O4/c1-15(5-4-12(17)18)13(19)11-7-8-6-9(16)2-3-10(8)14-11/h2-3,6-7,14,16H,4-5H2,1H3,(H,17,18). The maximum Gasteiger partial charge on any atom is 0.305 e. The van der Waals surface area contributed by atoms with Crippen LogP contribution < -0.4 is 0 Å². The number of nitrogens with zero attached hydrogens (tertiary/aromatic N) is 1. The van der Waals surface area contributed by atoms with Gasteiger partial charge in [-0.15, -0.1) is 0 Å². The fourth-order valence-corrected chi connectivity index (χ4v) is 1.81. The van der Waals surface area contributed by atoms with Gasteiger partial charge in [0.05, 0.1) is 6.42 Å². The van der Waals surface area contributed by atoms with Gasteiger partial charge in [0.25, 0.3) is 5.91 Å². The van der Waals surface area contributed by atoms with Gasteiger partial charge in [-0.05, 0) is 24.3 Å². The third-order valence-electron chi connectivity index (χ3n) is 2.84. The third-order valence-corrected chi connectivity index (χ3v) is 2.84. The largest absolute Gasteiger partial charge is 0.508 e. The first kappa shape index (κ1) is 12.9. The fourth-order valence-electron chi connectivity index (χ4n) is 1.81. The van der Waals surface area contributed by atoms with Crippen LogP contribution in [0.25, 0.3) is 10.9 Å². The number of aliphatic carboxylic acids is 1. The number of fused-ring (bicyclic) bond motifs is 1. The number of aromatic amines is 1. The maximum absolute atomic E-state index is 12.1. The van der Waals surface area contributed by atoms with E-state index in [4.69, 9.17) is 5.11 Å². The molecule has 1 amide bonds. The summed E-state index contributed by atoms with van der Waals surface area (Å²) in [6.45, 7) is 0.148. The highest BCUT2D eigenvalue weighted by Crippen LogP contribution is 2.21. The van der Waals surface area contributed by atoms with E-state index in [1.807, 2.05) is 0 Å². The van der Waals surface area contributed by atoms with E-state index < -0.39 is 5.97 Å². The highest BCUT2D eigenvalue weighted by Gasteiger charge is 2.15. The summed E-state index contributed by atoms with van der Waals surface area (Å²) in [7, 11) is 1.55. The first-order valence-electron chi connectivity index (χ1n) is 5.76. The minimum Gasteiger partial charge on any atom is -0.508 e. The molecule has 0 aliphatic carbocycles. The molecule has 2 rings (SSSR count). The summed E-state index contributed by atoms with van der Waals surface area (Å²) >= 11 is 0. The zero-order valence-corrected chi connectivity index (χ0v) is 10.4. The Labute approximate surface area is 109 Å². The molecule has 6 heteroatoms. The maximum atomic E-state index is 12.1. The Balaban J connectivity index is 2.19. The second kappa shape index (κ2) is 5.01. The number of phenolic OH excluding ortho intramolecular Hbond substituents is 1. The molecule has 3 N–H and O–H groups in total. The van der Waals surface area contributed by atoms with Crippen LogP contribution in [0.3, 0.4) is 0 Å². The average molecular weight is 262 g/mol. The molecule has 0 atom stereocenters. The monoisotopic (exact) mass is 262 g/mol. The lowest BCUT2D eigenvalue weighted by molar-refractivity contribution is -0.137. The summed E-state index contributed by atoms with van der Waals surface area (Å²) in [5.41, 5.74) is 1.11. The van der Waals surface area contributed by atoms with E-state index >= 15 is 0 Å². The number of benzene rings is 1. The molecule has 19 heavy (non-hydrogen) atoms. The number of carboxylic acid groups (broad SMARTS) is 1. The van der Waals surface area contributed by atoms with Crippen LogP contribution in [0.15, 0.2) is 24.3 Å². The smallest absolute Gasteiger partial charge is 0.305 e. The van der Waals surface area contributed by atoms with E-state index in [1.165, 1.54) is 11.0 Å². The van der Waals surface area contributed by atoms with Crippen LogP contribution in [0.1, 0.15) is 16.9 Å².